The van der Waals surface area contributed by atoms with Crippen LogP contribution in [0.25, 0.3) is 0 Å². The number of halogens is 3. The molecular formula is C22H24F3NOS. The summed E-state index contributed by atoms with van der Waals surface area (Å²) in [6, 6.07) is 5.30. The van der Waals surface area contributed by atoms with Crippen molar-refractivity contribution in [3.05, 3.63) is 51.4 Å². The van der Waals surface area contributed by atoms with Crippen molar-refractivity contribution in [3.63, 3.8) is 0 Å². The van der Waals surface area contributed by atoms with Gasteiger partial charge in [-0.25, -0.2) is 0 Å². The second kappa shape index (κ2) is 6.61. The number of fused-ring (bicyclic) bond motifs is 3. The maximum absolute atomic E-state index is 12.9. The van der Waals surface area contributed by atoms with E-state index in [1.807, 2.05) is 0 Å². The second-order valence-electron chi connectivity index (χ2n) is 8.98. The van der Waals surface area contributed by atoms with Crippen molar-refractivity contribution in [3.8, 4) is 0 Å². The van der Waals surface area contributed by atoms with E-state index in [0.29, 0.717) is 5.92 Å². The van der Waals surface area contributed by atoms with Crippen molar-refractivity contribution in [2.45, 2.75) is 58.5 Å². The van der Waals surface area contributed by atoms with Crippen molar-refractivity contribution in [2.24, 2.45) is 11.3 Å². The highest BCUT2D eigenvalue weighted by molar-refractivity contribution is 7.16. The van der Waals surface area contributed by atoms with E-state index in [-0.39, 0.29) is 23.7 Å². The SMILES string of the molecule is CC(C)(C)[C@@H]1CCc2c(sc3c2[C@@H](c2ccc(C(F)(F)F)cc2)CC(=O)N3)C1. The number of rotatable bonds is 1. The van der Waals surface area contributed by atoms with Gasteiger partial charge in [0.25, 0.3) is 0 Å². The van der Waals surface area contributed by atoms with Crippen LogP contribution in [-0.4, -0.2) is 5.91 Å². The molecule has 2 aromatic rings. The van der Waals surface area contributed by atoms with Gasteiger partial charge in [0.05, 0.1) is 10.6 Å². The molecule has 0 spiro atoms. The molecule has 0 bridgehead atoms. The standard InChI is InChI=1S/C22H24F3NOS/c1-21(2,3)14-8-9-15-17(10-14)28-20-19(15)16(11-18(27)26-20)12-4-6-13(7-5-12)22(23,24)25/h4-7,14,16H,8-11H2,1-3H3,(H,26,27)/t14-,16-/m1/s1. The first-order valence-corrected chi connectivity index (χ1v) is 10.5. The summed E-state index contributed by atoms with van der Waals surface area (Å²) in [5.74, 6) is 0.362. The summed E-state index contributed by atoms with van der Waals surface area (Å²) < 4.78 is 38.7. The molecule has 2 aliphatic rings. The molecule has 1 amide bonds. The van der Waals surface area contributed by atoms with Crippen LogP contribution in [0.1, 0.15) is 66.7 Å². The average molecular weight is 408 g/mol. The minimum Gasteiger partial charge on any atom is -0.317 e. The molecule has 28 heavy (non-hydrogen) atoms. The summed E-state index contributed by atoms with van der Waals surface area (Å²) >= 11 is 1.66. The van der Waals surface area contributed by atoms with Crippen molar-refractivity contribution < 1.29 is 18.0 Å². The number of nitrogens with one attached hydrogen (secondary N) is 1. The number of amides is 1. The Balaban J connectivity index is 1.72. The van der Waals surface area contributed by atoms with Gasteiger partial charge in [-0.3, -0.25) is 4.79 Å². The normalized spacial score (nSPS) is 22.4. The molecular weight excluding hydrogens is 383 g/mol. The van der Waals surface area contributed by atoms with E-state index in [1.54, 1.807) is 11.3 Å². The molecule has 0 fully saturated rings. The van der Waals surface area contributed by atoms with Crippen LogP contribution in [0.3, 0.4) is 0 Å². The van der Waals surface area contributed by atoms with Crippen LogP contribution in [0.5, 0.6) is 0 Å². The van der Waals surface area contributed by atoms with E-state index in [0.717, 1.165) is 47.5 Å². The Morgan fingerprint density at radius 3 is 2.36 bits per heavy atom. The van der Waals surface area contributed by atoms with Crippen LogP contribution < -0.4 is 5.32 Å². The number of benzene rings is 1. The minimum atomic E-state index is -4.35. The number of alkyl halides is 3. The molecule has 0 saturated heterocycles. The van der Waals surface area contributed by atoms with Gasteiger partial charge in [-0.2, -0.15) is 13.2 Å². The van der Waals surface area contributed by atoms with E-state index < -0.39 is 11.7 Å². The van der Waals surface area contributed by atoms with Crippen molar-refractivity contribution in [1.29, 1.82) is 0 Å². The molecule has 0 saturated carbocycles. The zero-order valence-electron chi connectivity index (χ0n) is 16.2. The Labute approximate surface area is 167 Å². The Hall–Kier alpha value is -1.82. The molecule has 2 atom stereocenters. The molecule has 2 nitrogen and oxygen atoms in total. The molecule has 2 heterocycles. The first kappa shape index (κ1) is 19.5. The minimum absolute atomic E-state index is 0.0663. The number of carbonyl (C=O) groups excluding carboxylic acids is 1. The van der Waals surface area contributed by atoms with Crippen molar-refractivity contribution in [1.82, 2.24) is 0 Å². The monoisotopic (exact) mass is 407 g/mol. The highest BCUT2D eigenvalue weighted by Crippen LogP contribution is 2.50. The average Bonchev–Trinajstić information content (AvgIpc) is 2.96. The van der Waals surface area contributed by atoms with Crippen LogP contribution in [-0.2, 0) is 23.8 Å². The highest BCUT2D eigenvalue weighted by atomic mass is 32.1. The van der Waals surface area contributed by atoms with Crippen LogP contribution >= 0.6 is 11.3 Å². The van der Waals surface area contributed by atoms with E-state index in [1.165, 1.54) is 22.6 Å². The lowest BCUT2D eigenvalue weighted by Crippen LogP contribution is -2.27. The number of hydrogen-bond acceptors (Lipinski definition) is 2. The third-order valence-electron chi connectivity index (χ3n) is 6.16. The van der Waals surface area contributed by atoms with E-state index in [9.17, 15) is 18.0 Å². The largest absolute Gasteiger partial charge is 0.416 e. The van der Waals surface area contributed by atoms with Crippen LogP contribution in [0, 0.1) is 11.3 Å². The highest BCUT2D eigenvalue weighted by Gasteiger charge is 2.37. The summed E-state index contributed by atoms with van der Waals surface area (Å²) in [6.45, 7) is 6.80. The number of anilines is 1. The fourth-order valence-corrected chi connectivity index (χ4v) is 5.87. The third-order valence-corrected chi connectivity index (χ3v) is 7.35. The lowest BCUT2D eigenvalue weighted by molar-refractivity contribution is -0.137. The van der Waals surface area contributed by atoms with Gasteiger partial charge in [0, 0.05) is 17.2 Å². The topological polar surface area (TPSA) is 29.1 Å². The molecule has 4 rings (SSSR count). The Bertz CT molecular complexity index is 906. The van der Waals surface area contributed by atoms with Crippen LogP contribution in [0.15, 0.2) is 24.3 Å². The summed E-state index contributed by atoms with van der Waals surface area (Å²) in [7, 11) is 0. The lowest BCUT2D eigenvalue weighted by atomic mass is 9.71. The number of thiophene rings is 1. The fraction of sp³-hybridized carbons (Fsp3) is 0.500. The Morgan fingerprint density at radius 1 is 1.07 bits per heavy atom. The van der Waals surface area contributed by atoms with Gasteiger partial charge in [-0.05, 0) is 59.4 Å². The third kappa shape index (κ3) is 3.47. The molecule has 1 aromatic heterocycles. The van der Waals surface area contributed by atoms with E-state index in [2.05, 4.69) is 26.1 Å². The smallest absolute Gasteiger partial charge is 0.317 e. The number of hydrogen-bond donors (Lipinski definition) is 1. The Kier molecular flexibility index (Phi) is 4.60. The fourth-order valence-electron chi connectivity index (χ4n) is 4.47. The molecule has 1 aromatic carbocycles. The van der Waals surface area contributed by atoms with Gasteiger partial charge in [0.15, 0.2) is 0 Å². The molecule has 1 aliphatic heterocycles. The summed E-state index contributed by atoms with van der Waals surface area (Å²) in [5, 5.41) is 3.90. The maximum atomic E-state index is 12.9. The Morgan fingerprint density at radius 2 is 1.75 bits per heavy atom. The van der Waals surface area contributed by atoms with Crippen molar-refractivity contribution >= 4 is 22.2 Å². The first-order valence-electron chi connectivity index (χ1n) is 9.65. The zero-order valence-corrected chi connectivity index (χ0v) is 17.1. The maximum Gasteiger partial charge on any atom is 0.416 e. The van der Waals surface area contributed by atoms with Gasteiger partial charge in [0.1, 0.15) is 0 Å². The van der Waals surface area contributed by atoms with E-state index >= 15 is 0 Å². The summed E-state index contributed by atoms with van der Waals surface area (Å²) in [4.78, 5) is 13.6. The summed E-state index contributed by atoms with van der Waals surface area (Å²) in [5.41, 5.74) is 2.80. The lowest BCUT2D eigenvalue weighted by Gasteiger charge is -2.34. The second-order valence-corrected chi connectivity index (χ2v) is 10.1. The molecule has 1 N–H and O–H groups in total. The van der Waals surface area contributed by atoms with Crippen LogP contribution in [0.2, 0.25) is 0 Å². The quantitative estimate of drug-likeness (QED) is 0.583. The van der Waals surface area contributed by atoms with Gasteiger partial charge in [0.2, 0.25) is 5.91 Å². The first-order chi connectivity index (χ1) is 13.0. The number of carbonyl (C=O) groups is 1. The summed E-state index contributed by atoms with van der Waals surface area (Å²) in [6.07, 6.45) is -0.989. The molecule has 150 valence electrons. The van der Waals surface area contributed by atoms with Gasteiger partial charge >= 0.3 is 6.18 Å². The predicted molar refractivity (Wildman–Crippen MR) is 106 cm³/mol. The zero-order chi connectivity index (χ0) is 20.3. The molecule has 0 radical (unpaired) electrons. The van der Waals surface area contributed by atoms with Gasteiger partial charge in [-0.15, -0.1) is 11.3 Å². The van der Waals surface area contributed by atoms with Crippen molar-refractivity contribution in [2.75, 3.05) is 5.32 Å². The van der Waals surface area contributed by atoms with Crippen LogP contribution in [0.4, 0.5) is 18.2 Å². The predicted octanol–water partition coefficient (Wildman–Crippen LogP) is 6.39. The van der Waals surface area contributed by atoms with Gasteiger partial charge in [-0.1, -0.05) is 32.9 Å². The van der Waals surface area contributed by atoms with Gasteiger partial charge < -0.3 is 5.32 Å². The molecule has 6 heteroatoms. The molecule has 1 aliphatic carbocycles. The molecule has 0 unspecified atom stereocenters. The van der Waals surface area contributed by atoms with E-state index in [4.69, 9.17) is 0 Å².